The fourth-order valence-corrected chi connectivity index (χ4v) is 3.08. The molecule has 2 rings (SSSR count). The van der Waals surface area contributed by atoms with Crippen LogP contribution in [0.5, 0.6) is 11.5 Å². The Morgan fingerprint density at radius 1 is 0.750 bits per heavy atom. The average molecular weight is 410 g/mol. The van der Waals surface area contributed by atoms with Crippen LogP contribution in [0.1, 0.15) is 11.1 Å². The van der Waals surface area contributed by atoms with E-state index in [2.05, 4.69) is 10.6 Å². The number of aromatic hydroxyl groups is 2. The molecule has 0 saturated heterocycles. The van der Waals surface area contributed by atoms with E-state index < -0.39 is 0 Å². The van der Waals surface area contributed by atoms with Gasteiger partial charge in [0, 0.05) is 47.9 Å². The van der Waals surface area contributed by atoms with Crippen LogP contribution in [-0.2, 0) is 13.1 Å². The van der Waals surface area contributed by atoms with Gasteiger partial charge in [0.25, 0.3) is 0 Å². The van der Waals surface area contributed by atoms with Crippen molar-refractivity contribution in [2.24, 2.45) is 0 Å². The van der Waals surface area contributed by atoms with Crippen LogP contribution in [-0.4, -0.2) is 23.3 Å². The Balaban J connectivity index is 1.77. The molecular formula is C16H16Cl4N2O2. The molecule has 24 heavy (non-hydrogen) atoms. The van der Waals surface area contributed by atoms with Gasteiger partial charge < -0.3 is 20.8 Å². The zero-order valence-electron chi connectivity index (χ0n) is 12.5. The maximum absolute atomic E-state index is 9.86. The van der Waals surface area contributed by atoms with E-state index in [1.807, 2.05) is 0 Å². The summed E-state index contributed by atoms with van der Waals surface area (Å²) < 4.78 is 0. The van der Waals surface area contributed by atoms with Crippen molar-refractivity contribution in [3.63, 3.8) is 0 Å². The molecule has 0 radical (unpaired) electrons. The molecule has 0 aliphatic rings. The highest BCUT2D eigenvalue weighted by atomic mass is 35.5. The third-order valence-corrected chi connectivity index (χ3v) is 4.47. The molecule has 0 aromatic heterocycles. The summed E-state index contributed by atoms with van der Waals surface area (Å²) in [5.74, 6) is -0.00453. The molecule has 0 aliphatic carbocycles. The van der Waals surface area contributed by atoms with Gasteiger partial charge in [0.2, 0.25) is 0 Å². The minimum atomic E-state index is -0.0348. The lowest BCUT2D eigenvalue weighted by atomic mass is 10.2. The monoisotopic (exact) mass is 408 g/mol. The van der Waals surface area contributed by atoms with Gasteiger partial charge in [-0.2, -0.15) is 0 Å². The zero-order chi connectivity index (χ0) is 17.7. The molecule has 0 bridgehead atoms. The summed E-state index contributed by atoms with van der Waals surface area (Å²) in [5.41, 5.74) is 1.36. The van der Waals surface area contributed by atoms with Crippen LogP contribution >= 0.6 is 46.4 Å². The molecule has 0 atom stereocenters. The molecule has 0 amide bonds. The molecule has 130 valence electrons. The Kier molecular flexibility index (Phi) is 7.29. The molecule has 2 aromatic rings. The molecule has 0 fully saturated rings. The predicted octanol–water partition coefficient (Wildman–Crippen LogP) is 4.59. The summed E-state index contributed by atoms with van der Waals surface area (Å²) in [6, 6.07) is 6.26. The van der Waals surface area contributed by atoms with Crippen LogP contribution in [0, 0.1) is 0 Å². The van der Waals surface area contributed by atoms with E-state index >= 15 is 0 Å². The van der Waals surface area contributed by atoms with E-state index in [1.54, 1.807) is 12.1 Å². The molecule has 0 spiro atoms. The van der Waals surface area contributed by atoms with Gasteiger partial charge >= 0.3 is 0 Å². The van der Waals surface area contributed by atoms with Gasteiger partial charge in [0.1, 0.15) is 11.5 Å². The molecule has 0 unspecified atom stereocenters. The lowest BCUT2D eigenvalue weighted by Crippen LogP contribution is -2.26. The van der Waals surface area contributed by atoms with Gasteiger partial charge in [-0.3, -0.25) is 0 Å². The largest absolute Gasteiger partial charge is 0.506 e. The van der Waals surface area contributed by atoms with Crippen LogP contribution < -0.4 is 10.6 Å². The number of phenols is 2. The number of hydrogen-bond acceptors (Lipinski definition) is 4. The van der Waals surface area contributed by atoms with Crippen molar-refractivity contribution < 1.29 is 10.2 Å². The Morgan fingerprint density at radius 2 is 1.29 bits per heavy atom. The molecule has 2 aromatic carbocycles. The average Bonchev–Trinajstić information content (AvgIpc) is 2.51. The van der Waals surface area contributed by atoms with Crippen molar-refractivity contribution in [3.05, 3.63) is 55.5 Å². The minimum Gasteiger partial charge on any atom is -0.506 e. The molecule has 0 aliphatic heterocycles. The number of nitrogens with one attached hydrogen (secondary N) is 2. The highest BCUT2D eigenvalue weighted by Gasteiger charge is 2.08. The van der Waals surface area contributed by atoms with E-state index in [1.165, 1.54) is 12.1 Å². The first-order chi connectivity index (χ1) is 11.4. The topological polar surface area (TPSA) is 64.5 Å². The van der Waals surface area contributed by atoms with E-state index in [0.717, 1.165) is 5.56 Å². The van der Waals surface area contributed by atoms with Crippen molar-refractivity contribution in [2.45, 2.75) is 13.1 Å². The second-order valence-corrected chi connectivity index (χ2v) is 6.80. The number of benzene rings is 2. The van der Waals surface area contributed by atoms with Crippen molar-refractivity contribution in [1.29, 1.82) is 0 Å². The lowest BCUT2D eigenvalue weighted by Gasteiger charge is -2.11. The summed E-state index contributed by atoms with van der Waals surface area (Å²) in [4.78, 5) is 0. The first-order valence-electron chi connectivity index (χ1n) is 7.13. The fraction of sp³-hybridized carbons (Fsp3) is 0.250. The molecule has 4 nitrogen and oxygen atoms in total. The maximum Gasteiger partial charge on any atom is 0.138 e. The van der Waals surface area contributed by atoms with Gasteiger partial charge in [-0.15, -0.1) is 0 Å². The summed E-state index contributed by atoms with van der Waals surface area (Å²) in [6.07, 6.45) is 0. The quantitative estimate of drug-likeness (QED) is 0.505. The second-order valence-electron chi connectivity index (χ2n) is 5.15. The summed E-state index contributed by atoms with van der Waals surface area (Å²) >= 11 is 23.7. The fourth-order valence-electron chi connectivity index (χ4n) is 2.14. The lowest BCUT2D eigenvalue weighted by molar-refractivity contribution is 0.464. The van der Waals surface area contributed by atoms with E-state index in [-0.39, 0.29) is 16.5 Å². The maximum atomic E-state index is 9.86. The SMILES string of the molecule is Oc1cc(Cl)cc(CNCCNCc2cc(Cl)cc(Cl)c2O)c1Cl. The van der Waals surface area contributed by atoms with Crippen molar-refractivity contribution in [1.82, 2.24) is 10.6 Å². The highest BCUT2D eigenvalue weighted by Crippen LogP contribution is 2.31. The molecule has 0 heterocycles. The minimum absolute atomic E-state index is 0.0303. The van der Waals surface area contributed by atoms with Gasteiger partial charge in [-0.1, -0.05) is 46.4 Å². The van der Waals surface area contributed by atoms with Crippen LogP contribution in [0.25, 0.3) is 0 Å². The number of rotatable bonds is 7. The number of halogens is 4. The Morgan fingerprint density at radius 3 is 1.96 bits per heavy atom. The third kappa shape index (κ3) is 5.31. The summed E-state index contributed by atoms with van der Waals surface area (Å²) in [5, 5.41) is 27.3. The Hall–Kier alpha value is -0.880. The van der Waals surface area contributed by atoms with Crippen LogP contribution in [0.15, 0.2) is 24.3 Å². The van der Waals surface area contributed by atoms with Crippen molar-refractivity contribution in [2.75, 3.05) is 13.1 Å². The molecule has 4 N–H and O–H groups in total. The van der Waals surface area contributed by atoms with E-state index in [0.29, 0.717) is 46.8 Å². The van der Waals surface area contributed by atoms with Gasteiger partial charge in [0.15, 0.2) is 0 Å². The van der Waals surface area contributed by atoms with Crippen LogP contribution in [0.2, 0.25) is 20.1 Å². The normalized spacial score (nSPS) is 11.0. The van der Waals surface area contributed by atoms with E-state index in [9.17, 15) is 10.2 Å². The number of hydrogen-bond donors (Lipinski definition) is 4. The van der Waals surface area contributed by atoms with Crippen molar-refractivity contribution in [3.8, 4) is 11.5 Å². The molecule has 8 heteroatoms. The zero-order valence-corrected chi connectivity index (χ0v) is 15.6. The molecular weight excluding hydrogens is 394 g/mol. The van der Waals surface area contributed by atoms with Crippen LogP contribution in [0.4, 0.5) is 0 Å². The van der Waals surface area contributed by atoms with Gasteiger partial charge in [0.05, 0.1) is 10.0 Å². The Labute approximate surface area is 160 Å². The second kappa shape index (κ2) is 8.99. The third-order valence-electron chi connectivity index (χ3n) is 3.31. The van der Waals surface area contributed by atoms with Crippen molar-refractivity contribution >= 4 is 46.4 Å². The first-order valence-corrected chi connectivity index (χ1v) is 8.65. The van der Waals surface area contributed by atoms with Gasteiger partial charge in [-0.25, -0.2) is 0 Å². The standard InChI is InChI=1S/C16H16Cl4N2O2/c17-11-4-10(16(24)13(19)5-11)8-22-2-1-21-7-9-3-12(18)6-14(23)15(9)20/h3-6,21-24H,1-2,7-8H2. The smallest absolute Gasteiger partial charge is 0.138 e. The van der Waals surface area contributed by atoms with Crippen LogP contribution in [0.3, 0.4) is 0 Å². The number of phenolic OH excluding ortho intramolecular Hbond substituents is 2. The van der Waals surface area contributed by atoms with E-state index in [4.69, 9.17) is 46.4 Å². The summed E-state index contributed by atoms with van der Waals surface area (Å²) in [7, 11) is 0. The first kappa shape index (κ1) is 19.4. The molecule has 0 saturated carbocycles. The summed E-state index contributed by atoms with van der Waals surface area (Å²) in [6.45, 7) is 2.21. The van der Waals surface area contributed by atoms with Gasteiger partial charge in [-0.05, 0) is 23.8 Å². The highest BCUT2D eigenvalue weighted by molar-refractivity contribution is 6.36. The predicted molar refractivity (Wildman–Crippen MR) is 99.7 cm³/mol. The Bertz CT molecular complexity index is 664.